The second-order valence-corrected chi connectivity index (χ2v) is 2.68. The predicted molar refractivity (Wildman–Crippen MR) is 50.4 cm³/mol. The summed E-state index contributed by atoms with van der Waals surface area (Å²) in [6.07, 6.45) is 4.78. The van der Waals surface area contributed by atoms with Gasteiger partial charge in [-0.1, -0.05) is 5.92 Å². The Bertz CT molecular complexity index is 414. The molecule has 0 aromatic carbocycles. The summed E-state index contributed by atoms with van der Waals surface area (Å²) in [5.41, 5.74) is 0.275. The van der Waals surface area contributed by atoms with E-state index in [1.54, 1.807) is 13.8 Å². The number of aryl methyl sites for hydroxylation is 1. The molecule has 1 aromatic heterocycles. The summed E-state index contributed by atoms with van der Waals surface area (Å²) in [4.78, 5) is 7.87. The third-order valence-corrected chi connectivity index (χ3v) is 1.46. The van der Waals surface area contributed by atoms with Gasteiger partial charge in [0.15, 0.2) is 6.10 Å². The number of aromatic nitrogens is 2. The van der Waals surface area contributed by atoms with E-state index in [1.165, 1.54) is 6.07 Å². The molecule has 1 atom stereocenters. The van der Waals surface area contributed by atoms with Crippen LogP contribution in [-0.2, 0) is 0 Å². The van der Waals surface area contributed by atoms with E-state index in [2.05, 4.69) is 15.9 Å². The molecule has 70 valence electrons. The zero-order valence-electron chi connectivity index (χ0n) is 7.98. The fourth-order valence-corrected chi connectivity index (χ4v) is 0.873. The molecule has 0 saturated carbocycles. The molecule has 0 aliphatic rings. The number of nitrogens with zero attached hydrogens (tertiary/aromatic N) is 3. The summed E-state index contributed by atoms with van der Waals surface area (Å²) >= 11 is 0. The summed E-state index contributed by atoms with van der Waals surface area (Å²) in [7, 11) is 0. The standard InChI is InChI=1S/C10H9N3O/c1-4-7(2)14-10-5-9(6-11)12-8(3)13-10/h1,5,7H,2-3H3. The first-order valence-corrected chi connectivity index (χ1v) is 4.04. The maximum atomic E-state index is 8.64. The highest BCUT2D eigenvalue weighted by atomic mass is 16.5. The topological polar surface area (TPSA) is 58.8 Å². The number of ether oxygens (including phenoxy) is 1. The van der Waals surface area contributed by atoms with Crippen LogP contribution in [0.5, 0.6) is 5.88 Å². The minimum atomic E-state index is -0.365. The first kappa shape index (κ1) is 10.0. The predicted octanol–water partition coefficient (Wildman–Crippen LogP) is 1.06. The van der Waals surface area contributed by atoms with E-state index >= 15 is 0 Å². The molecular weight excluding hydrogens is 178 g/mol. The van der Waals surface area contributed by atoms with Crippen LogP contribution in [0.15, 0.2) is 6.07 Å². The molecule has 14 heavy (non-hydrogen) atoms. The highest BCUT2D eigenvalue weighted by molar-refractivity contribution is 5.26. The van der Waals surface area contributed by atoms with Gasteiger partial charge in [0.25, 0.3) is 0 Å². The van der Waals surface area contributed by atoms with Gasteiger partial charge in [-0.25, -0.2) is 4.98 Å². The van der Waals surface area contributed by atoms with Gasteiger partial charge < -0.3 is 4.74 Å². The van der Waals surface area contributed by atoms with E-state index in [0.29, 0.717) is 11.7 Å². The lowest BCUT2D eigenvalue weighted by Crippen LogP contribution is -2.10. The van der Waals surface area contributed by atoms with E-state index < -0.39 is 0 Å². The molecule has 4 nitrogen and oxygen atoms in total. The number of terminal acetylenes is 1. The van der Waals surface area contributed by atoms with E-state index in [1.807, 2.05) is 6.07 Å². The molecule has 0 saturated heterocycles. The lowest BCUT2D eigenvalue weighted by atomic mass is 10.4. The maximum absolute atomic E-state index is 8.64. The average molecular weight is 187 g/mol. The van der Waals surface area contributed by atoms with Crippen LogP contribution in [0.1, 0.15) is 18.4 Å². The fraction of sp³-hybridized carbons (Fsp3) is 0.300. The molecule has 1 aromatic rings. The second-order valence-electron chi connectivity index (χ2n) is 2.68. The monoisotopic (exact) mass is 187 g/mol. The molecule has 0 aliphatic heterocycles. The SMILES string of the molecule is C#CC(C)Oc1cc(C#N)nc(C)n1. The van der Waals surface area contributed by atoms with Crippen molar-refractivity contribution in [3.8, 4) is 24.3 Å². The Labute approximate surface area is 82.6 Å². The van der Waals surface area contributed by atoms with E-state index in [4.69, 9.17) is 16.4 Å². The number of rotatable bonds is 2. The van der Waals surface area contributed by atoms with Crippen molar-refractivity contribution in [2.75, 3.05) is 0 Å². The lowest BCUT2D eigenvalue weighted by molar-refractivity contribution is 0.266. The maximum Gasteiger partial charge on any atom is 0.219 e. The van der Waals surface area contributed by atoms with Gasteiger partial charge in [-0.2, -0.15) is 10.2 Å². The molecule has 4 heteroatoms. The second kappa shape index (κ2) is 4.25. The molecule has 0 bridgehead atoms. The van der Waals surface area contributed by atoms with Crippen LogP contribution in [0.4, 0.5) is 0 Å². The third kappa shape index (κ3) is 2.46. The Balaban J connectivity index is 2.95. The largest absolute Gasteiger partial charge is 0.461 e. The number of hydrogen-bond acceptors (Lipinski definition) is 4. The zero-order chi connectivity index (χ0) is 10.6. The van der Waals surface area contributed by atoms with Gasteiger partial charge in [0.1, 0.15) is 17.6 Å². The molecule has 0 N–H and O–H groups in total. The smallest absolute Gasteiger partial charge is 0.219 e. The molecule has 0 radical (unpaired) electrons. The highest BCUT2D eigenvalue weighted by Crippen LogP contribution is 2.10. The van der Waals surface area contributed by atoms with Crippen LogP contribution in [-0.4, -0.2) is 16.1 Å². The normalized spacial score (nSPS) is 11.1. The number of hydrogen-bond donors (Lipinski definition) is 0. The van der Waals surface area contributed by atoms with Crippen molar-refractivity contribution < 1.29 is 4.74 Å². The van der Waals surface area contributed by atoms with E-state index in [0.717, 1.165) is 0 Å². The molecule has 0 spiro atoms. The first-order valence-electron chi connectivity index (χ1n) is 4.04. The van der Waals surface area contributed by atoms with Crippen molar-refractivity contribution in [1.82, 2.24) is 9.97 Å². The van der Waals surface area contributed by atoms with Gasteiger partial charge >= 0.3 is 0 Å². The van der Waals surface area contributed by atoms with Crippen molar-refractivity contribution in [3.63, 3.8) is 0 Å². The minimum Gasteiger partial charge on any atom is -0.461 e. The van der Waals surface area contributed by atoms with E-state index in [-0.39, 0.29) is 11.8 Å². The Morgan fingerprint density at radius 2 is 2.29 bits per heavy atom. The van der Waals surface area contributed by atoms with E-state index in [9.17, 15) is 0 Å². The summed E-state index contributed by atoms with van der Waals surface area (Å²) in [6, 6.07) is 3.38. The fourth-order valence-electron chi connectivity index (χ4n) is 0.873. The Morgan fingerprint density at radius 3 is 2.86 bits per heavy atom. The van der Waals surface area contributed by atoms with Gasteiger partial charge in [0.2, 0.25) is 5.88 Å². The highest BCUT2D eigenvalue weighted by Gasteiger charge is 2.04. The molecule has 1 rings (SSSR count). The van der Waals surface area contributed by atoms with Crippen molar-refractivity contribution in [2.45, 2.75) is 20.0 Å². The van der Waals surface area contributed by atoms with Crippen LogP contribution >= 0.6 is 0 Å². The average Bonchev–Trinajstić information content (AvgIpc) is 2.16. The molecule has 0 aliphatic carbocycles. The Morgan fingerprint density at radius 1 is 1.57 bits per heavy atom. The third-order valence-electron chi connectivity index (χ3n) is 1.46. The molecule has 0 amide bonds. The van der Waals surface area contributed by atoms with Gasteiger partial charge in [-0.3, -0.25) is 0 Å². The summed E-state index contributed by atoms with van der Waals surface area (Å²) in [5.74, 6) is 3.23. The van der Waals surface area contributed by atoms with Crippen LogP contribution in [0.3, 0.4) is 0 Å². The van der Waals surface area contributed by atoms with Gasteiger partial charge in [-0.05, 0) is 13.8 Å². The minimum absolute atomic E-state index is 0.275. The zero-order valence-corrected chi connectivity index (χ0v) is 7.98. The summed E-state index contributed by atoms with van der Waals surface area (Å²) in [5, 5.41) is 8.64. The van der Waals surface area contributed by atoms with Gasteiger partial charge in [0, 0.05) is 6.07 Å². The summed E-state index contributed by atoms with van der Waals surface area (Å²) in [6.45, 7) is 3.41. The Kier molecular flexibility index (Phi) is 3.04. The van der Waals surface area contributed by atoms with Crippen LogP contribution in [0.2, 0.25) is 0 Å². The van der Waals surface area contributed by atoms with Crippen LogP contribution in [0, 0.1) is 30.6 Å². The van der Waals surface area contributed by atoms with Crippen molar-refractivity contribution in [1.29, 1.82) is 5.26 Å². The Hall–Kier alpha value is -2.07. The summed E-state index contributed by atoms with van der Waals surface area (Å²) < 4.78 is 5.25. The van der Waals surface area contributed by atoms with Crippen molar-refractivity contribution >= 4 is 0 Å². The van der Waals surface area contributed by atoms with Crippen LogP contribution in [0.25, 0.3) is 0 Å². The lowest BCUT2D eigenvalue weighted by Gasteiger charge is -2.07. The molecular formula is C10H9N3O. The molecule has 1 heterocycles. The van der Waals surface area contributed by atoms with Crippen molar-refractivity contribution in [2.24, 2.45) is 0 Å². The molecule has 1 unspecified atom stereocenters. The van der Waals surface area contributed by atoms with Gasteiger partial charge in [-0.15, -0.1) is 6.42 Å². The first-order chi connectivity index (χ1) is 6.65. The quantitative estimate of drug-likeness (QED) is 0.649. The number of nitriles is 1. The van der Waals surface area contributed by atoms with Crippen LogP contribution < -0.4 is 4.74 Å². The van der Waals surface area contributed by atoms with Crippen molar-refractivity contribution in [3.05, 3.63) is 17.6 Å². The molecule has 0 fully saturated rings. The van der Waals surface area contributed by atoms with Gasteiger partial charge in [0.05, 0.1) is 0 Å².